The number of hydrogen-bond acceptors (Lipinski definition) is 4. The molecule has 0 aliphatic heterocycles. The van der Waals surface area contributed by atoms with Gasteiger partial charge in [-0.25, -0.2) is 4.79 Å². The molecule has 0 fully saturated rings. The van der Waals surface area contributed by atoms with E-state index in [4.69, 9.17) is 0 Å². The van der Waals surface area contributed by atoms with Crippen LogP contribution in [0.15, 0.2) is 12.2 Å². The van der Waals surface area contributed by atoms with Crippen LogP contribution < -0.4 is 5.32 Å². The molecule has 0 aliphatic rings. The smallest absolute Gasteiger partial charge is 0.332 e. The van der Waals surface area contributed by atoms with Crippen molar-refractivity contribution in [3.63, 3.8) is 0 Å². The molecule has 122 valence electrons. The number of hydrogen-bond donors (Lipinski definition) is 2. The van der Waals surface area contributed by atoms with Gasteiger partial charge in [-0.05, 0) is 13.3 Å². The van der Waals surface area contributed by atoms with Crippen molar-refractivity contribution in [2.75, 3.05) is 7.11 Å². The number of methoxy groups -OCH3 is 1. The molecule has 5 heteroatoms. The summed E-state index contributed by atoms with van der Waals surface area (Å²) >= 11 is 0. The summed E-state index contributed by atoms with van der Waals surface area (Å²) in [4.78, 5) is 22.6. The van der Waals surface area contributed by atoms with Crippen molar-refractivity contribution < 1.29 is 19.4 Å². The van der Waals surface area contributed by atoms with E-state index in [-0.39, 0.29) is 5.91 Å². The van der Waals surface area contributed by atoms with Gasteiger partial charge in [0.05, 0.1) is 12.7 Å². The monoisotopic (exact) mass is 299 g/mol. The first-order valence-electron chi connectivity index (χ1n) is 7.59. The van der Waals surface area contributed by atoms with E-state index in [0.29, 0.717) is 6.42 Å². The molecule has 0 heterocycles. The molecule has 1 amide bonds. The minimum atomic E-state index is -0.989. The van der Waals surface area contributed by atoms with Crippen molar-refractivity contribution in [1.29, 1.82) is 0 Å². The number of rotatable bonds is 10. The Balaban J connectivity index is 4.41. The summed E-state index contributed by atoms with van der Waals surface area (Å²) in [6.45, 7) is 5.19. The third kappa shape index (κ3) is 10.1. The van der Waals surface area contributed by atoms with Crippen LogP contribution in [-0.4, -0.2) is 35.7 Å². The number of amides is 1. The van der Waals surface area contributed by atoms with E-state index in [2.05, 4.69) is 17.0 Å². The average molecular weight is 299 g/mol. The number of carbonyl (C=O) groups excluding carboxylic acids is 2. The lowest BCUT2D eigenvalue weighted by Gasteiger charge is -2.20. The Kier molecular flexibility index (Phi) is 9.71. The Hall–Kier alpha value is -1.36. The maximum atomic E-state index is 11.5. The molecule has 0 aliphatic carbocycles. The van der Waals surface area contributed by atoms with Crippen LogP contribution in [0.25, 0.3) is 0 Å². The zero-order chi connectivity index (χ0) is 16.3. The summed E-state index contributed by atoms with van der Waals surface area (Å²) in [5.74, 6) is -0.880. The molecule has 0 spiro atoms. The van der Waals surface area contributed by atoms with Gasteiger partial charge in [0.15, 0.2) is 0 Å². The van der Waals surface area contributed by atoms with Crippen LogP contribution in [0.2, 0.25) is 0 Å². The molecular weight excluding hydrogens is 270 g/mol. The molecular formula is C16H29NO4. The van der Waals surface area contributed by atoms with Gasteiger partial charge in [0, 0.05) is 6.92 Å². The molecule has 1 unspecified atom stereocenters. The summed E-state index contributed by atoms with van der Waals surface area (Å²) in [6, 6.07) is -0.862. The predicted octanol–water partition coefficient (Wildman–Crippen LogP) is 2.33. The summed E-state index contributed by atoms with van der Waals surface area (Å²) in [5.41, 5.74) is -0.989. The van der Waals surface area contributed by atoms with Crippen molar-refractivity contribution in [3.05, 3.63) is 12.2 Å². The van der Waals surface area contributed by atoms with Crippen LogP contribution >= 0.6 is 0 Å². The van der Waals surface area contributed by atoms with E-state index in [0.717, 1.165) is 12.8 Å². The lowest BCUT2D eigenvalue weighted by atomic mass is 9.96. The molecule has 0 saturated heterocycles. The van der Waals surface area contributed by atoms with Crippen LogP contribution in [0.1, 0.15) is 59.3 Å². The summed E-state index contributed by atoms with van der Waals surface area (Å²) in [6.07, 6.45) is 9.26. The Morgan fingerprint density at radius 1 is 1.29 bits per heavy atom. The fraction of sp³-hybridized carbons (Fsp3) is 0.750. The van der Waals surface area contributed by atoms with Crippen molar-refractivity contribution in [1.82, 2.24) is 5.32 Å². The van der Waals surface area contributed by atoms with Gasteiger partial charge < -0.3 is 15.2 Å². The second-order valence-electron chi connectivity index (χ2n) is 5.58. The highest BCUT2D eigenvalue weighted by Crippen LogP contribution is 2.17. The number of ether oxygens (including phenoxy) is 1. The fourth-order valence-corrected chi connectivity index (χ4v) is 2.00. The van der Waals surface area contributed by atoms with Crippen LogP contribution in [0.5, 0.6) is 0 Å². The molecule has 0 saturated carbocycles. The number of nitrogens with one attached hydrogen (secondary N) is 1. The van der Waals surface area contributed by atoms with Crippen LogP contribution in [0, 0.1) is 0 Å². The molecule has 0 aromatic heterocycles. The zero-order valence-electron chi connectivity index (χ0n) is 13.6. The van der Waals surface area contributed by atoms with E-state index in [1.165, 1.54) is 39.4 Å². The Morgan fingerprint density at radius 3 is 2.43 bits per heavy atom. The van der Waals surface area contributed by atoms with Crippen molar-refractivity contribution in [2.24, 2.45) is 0 Å². The molecule has 0 rings (SSSR count). The lowest BCUT2D eigenvalue weighted by Crippen LogP contribution is -2.39. The molecule has 0 bridgehead atoms. The van der Waals surface area contributed by atoms with Crippen LogP contribution in [0.3, 0.4) is 0 Å². The van der Waals surface area contributed by atoms with Gasteiger partial charge in [-0.1, -0.05) is 51.2 Å². The van der Waals surface area contributed by atoms with Crippen molar-refractivity contribution >= 4 is 11.9 Å². The molecule has 0 aromatic carbocycles. The van der Waals surface area contributed by atoms with Gasteiger partial charge in [-0.3, -0.25) is 4.79 Å². The van der Waals surface area contributed by atoms with E-state index in [1.807, 2.05) is 0 Å². The first-order chi connectivity index (χ1) is 9.82. The molecule has 0 aromatic rings. The Bertz CT molecular complexity index is 350. The van der Waals surface area contributed by atoms with Crippen LogP contribution in [0.4, 0.5) is 0 Å². The number of unbranched alkanes of at least 4 members (excludes halogenated alkanes) is 4. The first kappa shape index (κ1) is 19.6. The Labute approximate surface area is 127 Å². The summed E-state index contributed by atoms with van der Waals surface area (Å²) < 4.78 is 4.62. The standard InChI is InChI=1S/C16H29NO4/c1-5-6-7-8-9-11-16(3,20)12-10-14(15(19)21-4)17-13(2)18/h10,12,14,20H,5-9,11H2,1-4H3,(H,17,18)/b12-10+/t14-,16?/m0/s1. The van der Waals surface area contributed by atoms with Crippen molar-refractivity contribution in [2.45, 2.75) is 70.9 Å². The molecule has 0 radical (unpaired) electrons. The van der Waals surface area contributed by atoms with Crippen molar-refractivity contribution in [3.8, 4) is 0 Å². The highest BCUT2D eigenvalue weighted by molar-refractivity contribution is 5.84. The minimum absolute atomic E-state index is 0.325. The Morgan fingerprint density at radius 2 is 1.90 bits per heavy atom. The molecule has 5 nitrogen and oxygen atoms in total. The topological polar surface area (TPSA) is 75.6 Å². The zero-order valence-corrected chi connectivity index (χ0v) is 13.6. The minimum Gasteiger partial charge on any atom is -0.467 e. The second kappa shape index (κ2) is 10.4. The van der Waals surface area contributed by atoms with Gasteiger partial charge in [-0.2, -0.15) is 0 Å². The first-order valence-corrected chi connectivity index (χ1v) is 7.59. The van der Waals surface area contributed by atoms with E-state index < -0.39 is 17.6 Å². The van der Waals surface area contributed by atoms with Crippen LogP contribution in [-0.2, 0) is 14.3 Å². The maximum Gasteiger partial charge on any atom is 0.332 e. The molecule has 2 N–H and O–H groups in total. The van der Waals surface area contributed by atoms with E-state index in [1.54, 1.807) is 13.0 Å². The predicted molar refractivity (Wildman–Crippen MR) is 82.8 cm³/mol. The average Bonchev–Trinajstić information content (AvgIpc) is 2.42. The van der Waals surface area contributed by atoms with Gasteiger partial charge in [0.2, 0.25) is 5.91 Å². The second-order valence-corrected chi connectivity index (χ2v) is 5.58. The quantitative estimate of drug-likeness (QED) is 0.369. The third-order valence-corrected chi connectivity index (χ3v) is 3.25. The van der Waals surface area contributed by atoms with Gasteiger partial charge in [0.25, 0.3) is 0 Å². The van der Waals surface area contributed by atoms with Gasteiger partial charge in [-0.15, -0.1) is 0 Å². The molecule has 2 atom stereocenters. The van der Waals surface area contributed by atoms with E-state index >= 15 is 0 Å². The normalized spacial score (nSPS) is 15.5. The van der Waals surface area contributed by atoms with Gasteiger partial charge in [0.1, 0.15) is 6.04 Å². The van der Waals surface area contributed by atoms with Gasteiger partial charge >= 0.3 is 5.97 Å². The largest absolute Gasteiger partial charge is 0.467 e. The molecule has 21 heavy (non-hydrogen) atoms. The number of esters is 1. The fourth-order valence-electron chi connectivity index (χ4n) is 2.00. The maximum absolute atomic E-state index is 11.5. The summed E-state index contributed by atoms with van der Waals surface area (Å²) in [5, 5.41) is 12.7. The lowest BCUT2D eigenvalue weighted by molar-refractivity contribution is -0.143. The van der Waals surface area contributed by atoms with E-state index in [9.17, 15) is 14.7 Å². The summed E-state index contributed by atoms with van der Waals surface area (Å²) in [7, 11) is 1.26. The third-order valence-electron chi connectivity index (χ3n) is 3.25. The number of carbonyl (C=O) groups is 2. The number of aliphatic hydroxyl groups is 1. The highest BCUT2D eigenvalue weighted by atomic mass is 16.5. The highest BCUT2D eigenvalue weighted by Gasteiger charge is 2.20. The SMILES string of the molecule is CCCCCCCC(C)(O)/C=C/[C@H](NC(C)=O)C(=O)OC.